The van der Waals surface area contributed by atoms with E-state index >= 15 is 0 Å². The van der Waals surface area contributed by atoms with Crippen LogP contribution >= 0.6 is 0 Å². The predicted molar refractivity (Wildman–Crippen MR) is 78.4 cm³/mol. The fourth-order valence-electron chi connectivity index (χ4n) is 2.50. The predicted octanol–water partition coefficient (Wildman–Crippen LogP) is -1.45. The van der Waals surface area contributed by atoms with E-state index in [2.05, 4.69) is 9.89 Å². The van der Waals surface area contributed by atoms with E-state index in [9.17, 15) is 4.79 Å². The summed E-state index contributed by atoms with van der Waals surface area (Å²) in [6.07, 6.45) is 6.05. The van der Waals surface area contributed by atoms with Crippen LogP contribution in [0.25, 0.3) is 0 Å². The minimum atomic E-state index is -4.69. The number of amidine groups is 1. The van der Waals surface area contributed by atoms with E-state index in [1.165, 1.54) is 0 Å². The first kappa shape index (κ1) is 18.3. The van der Waals surface area contributed by atoms with E-state index in [4.69, 9.17) is 18.6 Å². The molecule has 0 aromatic heterocycles. The van der Waals surface area contributed by atoms with Gasteiger partial charge < -0.3 is 4.90 Å². The molecule has 0 spiro atoms. The Morgan fingerprint density at radius 2 is 1.92 bits per heavy atom. The summed E-state index contributed by atoms with van der Waals surface area (Å²) in [7, 11) is -4.69. The van der Waals surface area contributed by atoms with Crippen LogP contribution in [0.15, 0.2) is 59.2 Å². The number of allylic oxidation sites excluding steroid dienone is 3. The summed E-state index contributed by atoms with van der Waals surface area (Å²) in [5, 5.41) is 0. The molecule has 0 saturated heterocycles. The van der Waals surface area contributed by atoms with Gasteiger partial charge in [0.05, 0.1) is 27.4 Å². The van der Waals surface area contributed by atoms with Crippen molar-refractivity contribution in [3.05, 3.63) is 59.8 Å². The Hall–Kier alpha value is -2.03. The first-order valence-electron chi connectivity index (χ1n) is 7.15. The Labute approximate surface area is 141 Å². The average Bonchev–Trinajstić information content (AvgIpc) is 2.54. The van der Waals surface area contributed by atoms with Crippen molar-refractivity contribution >= 4 is 11.6 Å². The lowest BCUT2D eigenvalue weighted by molar-refractivity contribution is -1.92. The Morgan fingerprint density at radius 3 is 2.54 bits per heavy atom. The van der Waals surface area contributed by atoms with Gasteiger partial charge in [-0.2, -0.15) is 14.0 Å². The van der Waals surface area contributed by atoms with Crippen molar-refractivity contribution in [2.75, 3.05) is 13.1 Å². The second kappa shape index (κ2) is 7.69. The zero-order valence-corrected chi connectivity index (χ0v) is 13.7. The highest BCUT2D eigenvalue weighted by molar-refractivity contribution is 6.01. The summed E-state index contributed by atoms with van der Waals surface area (Å²) in [6, 6.07) is 9.48. The minimum absolute atomic E-state index is 0.0546. The van der Waals surface area contributed by atoms with Gasteiger partial charge in [-0.15, -0.1) is 0 Å². The second-order valence-electron chi connectivity index (χ2n) is 5.30. The monoisotopic (exact) mass is 352 g/mol. The van der Waals surface area contributed by atoms with E-state index < -0.39 is 10.2 Å². The number of rotatable bonds is 2. The van der Waals surface area contributed by atoms with Crippen molar-refractivity contribution < 1.29 is 33.7 Å². The molecular formula is C16H17ClN2O5. The Bertz CT molecular complexity index is 673. The van der Waals surface area contributed by atoms with Gasteiger partial charge in [0.2, 0.25) is 0 Å². The maximum absolute atomic E-state index is 12.4. The third kappa shape index (κ3) is 5.26. The first-order chi connectivity index (χ1) is 11.3. The molecule has 128 valence electrons. The summed E-state index contributed by atoms with van der Waals surface area (Å²) in [5.74, 6) is 1.10. The van der Waals surface area contributed by atoms with Crippen LogP contribution < -0.4 is 14.0 Å². The number of carbonyl (C=O) groups excluding carboxylic acids is 1. The van der Waals surface area contributed by atoms with Crippen LogP contribution in [0.2, 0.25) is 0 Å². The molecule has 2 aliphatic heterocycles. The molecule has 0 bridgehead atoms. The number of carbonyl (C=O) groups is 1. The molecule has 24 heavy (non-hydrogen) atoms. The highest BCUT2D eigenvalue weighted by Gasteiger charge is 2.28. The molecule has 1 aromatic carbocycles. The summed E-state index contributed by atoms with van der Waals surface area (Å²) < 4.78 is 32.7. The number of nitrogens with zero attached hydrogens (tertiary/aromatic N) is 2. The first-order valence-corrected chi connectivity index (χ1v) is 8.41. The number of Topliss-reactive ketones (excluding diaryl/α,β-unsaturated/α-hetero) is 1. The van der Waals surface area contributed by atoms with Crippen LogP contribution in [0.4, 0.5) is 0 Å². The lowest BCUT2D eigenvalue weighted by Crippen LogP contribution is -2.58. The molecule has 1 aromatic rings. The molecule has 2 aliphatic rings. The molecule has 0 saturated carbocycles. The molecule has 3 rings (SSSR count). The summed E-state index contributed by atoms with van der Waals surface area (Å²) in [6.45, 7) is 3.35. The van der Waals surface area contributed by atoms with Crippen molar-refractivity contribution in [2.24, 2.45) is 10.9 Å². The summed E-state index contributed by atoms with van der Waals surface area (Å²) >= 11 is 0. The topological polar surface area (TPSA) is 122 Å². The van der Waals surface area contributed by atoms with Crippen molar-refractivity contribution in [1.29, 1.82) is 0 Å². The van der Waals surface area contributed by atoms with Crippen LogP contribution in [0.5, 0.6) is 0 Å². The number of hydrogen-bond donors (Lipinski definition) is 1. The van der Waals surface area contributed by atoms with Crippen LogP contribution in [0, 0.1) is 16.2 Å². The number of aliphatic imine (C=N–C) groups is 1. The Morgan fingerprint density at radius 1 is 1.29 bits per heavy atom. The maximum Gasteiger partial charge on any atom is 0.169 e. The normalized spacial score (nSPS) is 19.5. The van der Waals surface area contributed by atoms with Crippen LogP contribution in [-0.4, -0.2) is 34.3 Å². The molecule has 1 N–H and O–H groups in total. The lowest BCUT2D eigenvalue weighted by Gasteiger charge is -2.34. The Kier molecular flexibility index (Phi) is 5.87. The smallest absolute Gasteiger partial charge is 0.169 e. The van der Waals surface area contributed by atoms with Gasteiger partial charge in [0.15, 0.2) is 5.78 Å². The van der Waals surface area contributed by atoms with Crippen molar-refractivity contribution in [1.82, 2.24) is 4.90 Å². The van der Waals surface area contributed by atoms with E-state index in [-0.39, 0.29) is 11.7 Å². The molecular weight excluding hydrogens is 336 g/mol. The number of hydrogen-bond acceptors (Lipinski definition) is 7. The molecule has 0 amide bonds. The van der Waals surface area contributed by atoms with Gasteiger partial charge in [-0.1, -0.05) is 36.4 Å². The number of fused-ring (bicyclic) bond motifs is 1. The molecule has 1 atom stereocenters. The third-order valence-electron chi connectivity index (χ3n) is 3.59. The van der Waals surface area contributed by atoms with Gasteiger partial charge in [-0.3, -0.25) is 9.79 Å². The Balaban J connectivity index is 0.000000368. The van der Waals surface area contributed by atoms with E-state index in [0.29, 0.717) is 6.54 Å². The van der Waals surface area contributed by atoms with Gasteiger partial charge in [0, 0.05) is 17.8 Å². The van der Waals surface area contributed by atoms with Gasteiger partial charge >= 0.3 is 0 Å². The molecule has 0 aliphatic carbocycles. The van der Waals surface area contributed by atoms with Gasteiger partial charge in [-0.05, 0) is 19.1 Å². The largest absolute Gasteiger partial charge is 0.330 e. The molecule has 8 heteroatoms. The van der Waals surface area contributed by atoms with E-state index in [0.717, 1.165) is 23.6 Å². The zero-order chi connectivity index (χ0) is 17.7. The lowest BCUT2D eigenvalue weighted by atomic mass is 9.95. The SMILES string of the molecule is CC1=CC=CC2=NCC(C(=O)c3ccccc3)CN12.[O-][Cl+3]([O-])([O-])O. The highest BCUT2D eigenvalue weighted by Crippen LogP contribution is 2.21. The van der Waals surface area contributed by atoms with Crippen molar-refractivity contribution in [3.63, 3.8) is 0 Å². The molecule has 1 unspecified atom stereocenters. The highest BCUT2D eigenvalue weighted by atomic mass is 35.7. The fourth-order valence-corrected chi connectivity index (χ4v) is 2.50. The molecule has 7 nitrogen and oxygen atoms in total. The van der Waals surface area contributed by atoms with Crippen molar-refractivity contribution in [3.8, 4) is 0 Å². The van der Waals surface area contributed by atoms with E-state index in [1.807, 2.05) is 55.5 Å². The quantitative estimate of drug-likeness (QED) is 0.650. The zero-order valence-electron chi connectivity index (χ0n) is 13.0. The average molecular weight is 353 g/mol. The van der Waals surface area contributed by atoms with Crippen LogP contribution in [0.3, 0.4) is 0 Å². The molecule has 0 radical (unpaired) electrons. The number of halogens is 1. The van der Waals surface area contributed by atoms with Gasteiger partial charge in [-0.25, -0.2) is 0 Å². The van der Waals surface area contributed by atoms with Gasteiger partial charge in [0.1, 0.15) is 5.84 Å². The second-order valence-corrected chi connectivity index (χ2v) is 6.09. The summed E-state index contributed by atoms with van der Waals surface area (Å²) in [4.78, 5) is 19.1. The van der Waals surface area contributed by atoms with Gasteiger partial charge in [0.25, 0.3) is 0 Å². The molecule has 0 fully saturated rings. The summed E-state index contributed by atoms with van der Waals surface area (Å²) in [5.41, 5.74) is 1.92. The van der Waals surface area contributed by atoms with Crippen LogP contribution in [-0.2, 0) is 0 Å². The minimum Gasteiger partial charge on any atom is -0.330 e. The van der Waals surface area contributed by atoms with Crippen molar-refractivity contribution in [2.45, 2.75) is 6.92 Å². The molecule has 2 heterocycles. The number of benzene rings is 1. The fraction of sp³-hybridized carbons (Fsp3) is 0.250. The standard InChI is InChI=1S/C16H16N2O.ClHO4/c1-12-6-5-9-15-17-10-14(11-18(12)15)16(19)13-7-3-2-4-8-13;2-1(3,4)5/h2-9,14H,10-11H2,1H3;(H,2,3,4,5). The number of ketones is 1. The third-order valence-corrected chi connectivity index (χ3v) is 3.59. The van der Waals surface area contributed by atoms with E-state index in [1.54, 1.807) is 0 Å². The maximum atomic E-state index is 12.4. The van der Waals surface area contributed by atoms with Crippen LogP contribution in [0.1, 0.15) is 17.3 Å².